The number of anilines is 1. The van der Waals surface area contributed by atoms with Crippen molar-refractivity contribution in [3.63, 3.8) is 0 Å². The van der Waals surface area contributed by atoms with Gasteiger partial charge in [0.2, 0.25) is 0 Å². The fourth-order valence-corrected chi connectivity index (χ4v) is 2.00. The molecular formula is C15H14FNO. The van der Waals surface area contributed by atoms with E-state index in [9.17, 15) is 9.18 Å². The number of nitrogens with two attached hydrogens (primary N) is 1. The molecule has 2 aromatic rings. The highest BCUT2D eigenvalue weighted by Crippen LogP contribution is 2.20. The van der Waals surface area contributed by atoms with Gasteiger partial charge in [-0.25, -0.2) is 4.39 Å². The molecule has 2 nitrogen and oxygen atoms in total. The minimum Gasteiger partial charge on any atom is -0.396 e. The second-order valence-corrected chi connectivity index (χ2v) is 4.41. The van der Waals surface area contributed by atoms with Gasteiger partial charge in [-0.2, -0.15) is 0 Å². The Morgan fingerprint density at radius 1 is 1.11 bits per heavy atom. The maximum absolute atomic E-state index is 13.3. The van der Waals surface area contributed by atoms with E-state index in [2.05, 4.69) is 0 Å². The maximum Gasteiger partial charge on any atom is 0.195 e. The molecule has 18 heavy (non-hydrogen) atoms. The van der Waals surface area contributed by atoms with Gasteiger partial charge in [-0.1, -0.05) is 23.3 Å². The topological polar surface area (TPSA) is 43.1 Å². The minimum absolute atomic E-state index is 0.0957. The molecule has 0 saturated heterocycles. The Bertz CT molecular complexity index is 600. The molecule has 2 aromatic carbocycles. The molecule has 0 amide bonds. The first-order chi connectivity index (χ1) is 8.49. The first-order valence-electron chi connectivity index (χ1n) is 5.66. The summed E-state index contributed by atoms with van der Waals surface area (Å²) in [6, 6.07) is 9.80. The lowest BCUT2D eigenvalue weighted by Crippen LogP contribution is -2.07. The number of nitrogen functional groups attached to an aromatic ring is 1. The summed E-state index contributed by atoms with van der Waals surface area (Å²) < 4.78 is 13.3. The van der Waals surface area contributed by atoms with Crippen LogP contribution in [-0.4, -0.2) is 5.78 Å². The molecular weight excluding hydrogens is 229 g/mol. The number of carbonyl (C=O) groups is 1. The number of halogens is 1. The Labute approximate surface area is 105 Å². The molecule has 0 aliphatic heterocycles. The van der Waals surface area contributed by atoms with Crippen molar-refractivity contribution < 1.29 is 9.18 Å². The molecule has 0 radical (unpaired) electrons. The van der Waals surface area contributed by atoms with Gasteiger partial charge in [-0.3, -0.25) is 4.79 Å². The van der Waals surface area contributed by atoms with Crippen LogP contribution in [0.2, 0.25) is 0 Å². The van der Waals surface area contributed by atoms with Crippen LogP contribution < -0.4 is 5.73 Å². The molecule has 2 rings (SSSR count). The predicted octanol–water partition coefficient (Wildman–Crippen LogP) is 3.26. The van der Waals surface area contributed by atoms with Crippen molar-refractivity contribution in [1.29, 1.82) is 0 Å². The zero-order chi connectivity index (χ0) is 13.3. The zero-order valence-corrected chi connectivity index (χ0v) is 10.3. The number of benzene rings is 2. The van der Waals surface area contributed by atoms with E-state index in [1.807, 2.05) is 19.9 Å². The van der Waals surface area contributed by atoms with Crippen molar-refractivity contribution in [1.82, 2.24) is 0 Å². The first-order valence-corrected chi connectivity index (χ1v) is 5.66. The van der Waals surface area contributed by atoms with E-state index in [-0.39, 0.29) is 17.0 Å². The maximum atomic E-state index is 13.3. The van der Waals surface area contributed by atoms with Crippen LogP contribution in [0.3, 0.4) is 0 Å². The lowest BCUT2D eigenvalue weighted by Gasteiger charge is -2.07. The van der Waals surface area contributed by atoms with Gasteiger partial charge in [-0.15, -0.1) is 0 Å². The Kier molecular flexibility index (Phi) is 3.15. The molecule has 0 aliphatic carbocycles. The van der Waals surface area contributed by atoms with Gasteiger partial charge in [0.05, 0.1) is 5.69 Å². The number of carbonyl (C=O) groups excluding carboxylic acids is 1. The van der Waals surface area contributed by atoms with Gasteiger partial charge in [0.25, 0.3) is 0 Å². The third-order valence-electron chi connectivity index (χ3n) is 2.78. The molecule has 0 aliphatic rings. The molecule has 0 bridgehead atoms. The van der Waals surface area contributed by atoms with Crippen molar-refractivity contribution in [2.24, 2.45) is 0 Å². The standard InChI is InChI=1S/C15H14FNO/c1-9-6-10(2)8-11(7-9)15(18)12-4-3-5-13(16)14(12)17/h3-8H,17H2,1-2H3. The number of ketones is 1. The quantitative estimate of drug-likeness (QED) is 0.650. The second kappa shape index (κ2) is 4.61. The molecule has 2 N–H and O–H groups in total. The first kappa shape index (κ1) is 12.3. The van der Waals surface area contributed by atoms with Crippen LogP contribution in [0.1, 0.15) is 27.0 Å². The average molecular weight is 243 g/mol. The predicted molar refractivity (Wildman–Crippen MR) is 70.2 cm³/mol. The van der Waals surface area contributed by atoms with Crippen molar-refractivity contribution in [2.45, 2.75) is 13.8 Å². The average Bonchev–Trinajstić information content (AvgIpc) is 2.30. The lowest BCUT2D eigenvalue weighted by atomic mass is 9.98. The van der Waals surface area contributed by atoms with Crippen LogP contribution in [0.4, 0.5) is 10.1 Å². The third-order valence-corrected chi connectivity index (χ3v) is 2.78. The number of rotatable bonds is 2. The van der Waals surface area contributed by atoms with E-state index >= 15 is 0 Å². The molecule has 0 saturated carbocycles. The van der Waals surface area contributed by atoms with Gasteiger partial charge < -0.3 is 5.73 Å². The zero-order valence-electron chi connectivity index (χ0n) is 10.3. The molecule has 3 heteroatoms. The van der Waals surface area contributed by atoms with E-state index in [4.69, 9.17) is 5.73 Å². The van der Waals surface area contributed by atoms with Crippen molar-refractivity contribution in [2.75, 3.05) is 5.73 Å². The Morgan fingerprint density at radius 2 is 1.72 bits per heavy atom. The van der Waals surface area contributed by atoms with Gasteiger partial charge in [0, 0.05) is 11.1 Å². The van der Waals surface area contributed by atoms with Crippen LogP contribution >= 0.6 is 0 Å². The van der Waals surface area contributed by atoms with Crippen molar-refractivity contribution in [3.8, 4) is 0 Å². The fraction of sp³-hybridized carbons (Fsp3) is 0.133. The Morgan fingerprint density at radius 3 is 2.33 bits per heavy atom. The Balaban J connectivity index is 2.51. The summed E-state index contributed by atoms with van der Waals surface area (Å²) in [6.45, 7) is 3.83. The molecule has 0 unspecified atom stereocenters. The van der Waals surface area contributed by atoms with Gasteiger partial charge in [0.1, 0.15) is 5.82 Å². The lowest BCUT2D eigenvalue weighted by molar-refractivity contribution is 0.103. The second-order valence-electron chi connectivity index (χ2n) is 4.41. The summed E-state index contributed by atoms with van der Waals surface area (Å²) in [5.74, 6) is -0.816. The van der Waals surface area contributed by atoms with Gasteiger partial charge in [0.15, 0.2) is 5.78 Å². The molecule has 0 spiro atoms. The summed E-state index contributed by atoms with van der Waals surface area (Å²) in [7, 11) is 0. The van der Waals surface area contributed by atoms with Crippen LogP contribution in [0.5, 0.6) is 0 Å². The molecule has 0 atom stereocenters. The fourth-order valence-electron chi connectivity index (χ4n) is 2.00. The molecule has 0 fully saturated rings. The number of aryl methyl sites for hydroxylation is 2. The van der Waals surface area contributed by atoms with Gasteiger partial charge in [-0.05, 0) is 38.1 Å². The van der Waals surface area contributed by atoms with E-state index in [1.165, 1.54) is 12.1 Å². The van der Waals surface area contributed by atoms with Crippen LogP contribution in [0.15, 0.2) is 36.4 Å². The number of hydrogen-bond donors (Lipinski definition) is 1. The summed E-state index contributed by atoms with van der Waals surface area (Å²) in [6.07, 6.45) is 0. The highest BCUT2D eigenvalue weighted by molar-refractivity contribution is 6.12. The molecule has 0 heterocycles. The monoisotopic (exact) mass is 243 g/mol. The van der Waals surface area contributed by atoms with Crippen molar-refractivity contribution >= 4 is 11.5 Å². The third kappa shape index (κ3) is 2.25. The van der Waals surface area contributed by atoms with E-state index in [0.717, 1.165) is 11.1 Å². The summed E-state index contributed by atoms with van der Waals surface area (Å²) >= 11 is 0. The normalized spacial score (nSPS) is 10.4. The van der Waals surface area contributed by atoms with E-state index in [0.29, 0.717) is 5.56 Å². The largest absolute Gasteiger partial charge is 0.396 e. The van der Waals surface area contributed by atoms with Crippen LogP contribution in [0, 0.1) is 19.7 Å². The van der Waals surface area contributed by atoms with Crippen molar-refractivity contribution in [3.05, 3.63) is 64.5 Å². The van der Waals surface area contributed by atoms with E-state index < -0.39 is 5.82 Å². The van der Waals surface area contributed by atoms with Crippen LogP contribution in [0.25, 0.3) is 0 Å². The summed E-state index contributed by atoms with van der Waals surface area (Å²) in [4.78, 5) is 12.3. The number of hydrogen-bond acceptors (Lipinski definition) is 2. The Hall–Kier alpha value is -2.16. The van der Waals surface area contributed by atoms with E-state index in [1.54, 1.807) is 18.2 Å². The highest BCUT2D eigenvalue weighted by Gasteiger charge is 2.15. The molecule has 92 valence electrons. The number of para-hydroxylation sites is 1. The smallest absolute Gasteiger partial charge is 0.195 e. The van der Waals surface area contributed by atoms with Crippen LogP contribution in [-0.2, 0) is 0 Å². The summed E-state index contributed by atoms with van der Waals surface area (Å²) in [5, 5.41) is 0. The highest BCUT2D eigenvalue weighted by atomic mass is 19.1. The summed E-state index contributed by atoms with van der Waals surface area (Å²) in [5.41, 5.74) is 8.23. The SMILES string of the molecule is Cc1cc(C)cc(C(=O)c2cccc(F)c2N)c1. The molecule has 0 aromatic heterocycles. The minimum atomic E-state index is -0.565. The van der Waals surface area contributed by atoms with Gasteiger partial charge >= 0.3 is 0 Å².